The Balaban J connectivity index is 1.58. The van der Waals surface area contributed by atoms with Gasteiger partial charge in [-0.1, -0.05) is 27.2 Å². The molecule has 1 unspecified atom stereocenters. The zero-order valence-corrected chi connectivity index (χ0v) is 15.8. The Kier molecular flexibility index (Phi) is 6.05. The first-order chi connectivity index (χ1) is 12.0. The van der Waals surface area contributed by atoms with Gasteiger partial charge in [-0.25, -0.2) is 4.79 Å². The second-order valence-corrected chi connectivity index (χ2v) is 8.21. The van der Waals surface area contributed by atoms with Crippen molar-refractivity contribution in [2.24, 2.45) is 17.8 Å². The number of hydrogen-bond acceptors (Lipinski definition) is 5. The standard InChI is InChI=1S/C20H32O5/c1-14(2)18-9-8-15(3)11-20(18)24-16(10-19(21)25-20)6-4-5-7-17-12-22-13-23-17/h10,14-15,17-18H,4-9,11-13H2,1-3H3/t15-,17?,18+,20+/m1/s1. The number of carbonyl (C=O) groups is 1. The number of hydrogen-bond donors (Lipinski definition) is 0. The predicted octanol–water partition coefficient (Wildman–Crippen LogP) is 4.17. The van der Waals surface area contributed by atoms with Gasteiger partial charge in [0.05, 0.1) is 18.8 Å². The van der Waals surface area contributed by atoms with Crippen LogP contribution in [-0.2, 0) is 23.7 Å². The van der Waals surface area contributed by atoms with E-state index in [0.29, 0.717) is 25.2 Å². The molecule has 5 nitrogen and oxygen atoms in total. The molecule has 0 aromatic heterocycles. The van der Waals surface area contributed by atoms with Crippen molar-refractivity contribution in [1.29, 1.82) is 0 Å². The molecule has 1 spiro atoms. The molecule has 4 atom stereocenters. The van der Waals surface area contributed by atoms with Crippen molar-refractivity contribution in [2.45, 2.75) is 77.6 Å². The van der Waals surface area contributed by atoms with Gasteiger partial charge in [0.2, 0.25) is 0 Å². The fraction of sp³-hybridized carbons (Fsp3) is 0.850. The van der Waals surface area contributed by atoms with Crippen LogP contribution in [0.2, 0.25) is 0 Å². The van der Waals surface area contributed by atoms with Crippen molar-refractivity contribution < 1.29 is 23.7 Å². The summed E-state index contributed by atoms with van der Waals surface area (Å²) in [6.07, 6.45) is 8.59. The summed E-state index contributed by atoms with van der Waals surface area (Å²) >= 11 is 0. The fourth-order valence-electron chi connectivity index (χ4n) is 4.44. The lowest BCUT2D eigenvalue weighted by atomic mass is 9.72. The normalized spacial score (nSPS) is 35.6. The third kappa shape index (κ3) is 4.56. The molecule has 25 heavy (non-hydrogen) atoms. The quantitative estimate of drug-likeness (QED) is 0.530. The predicted molar refractivity (Wildman–Crippen MR) is 93.5 cm³/mol. The average molecular weight is 352 g/mol. The van der Waals surface area contributed by atoms with Crippen molar-refractivity contribution in [3.63, 3.8) is 0 Å². The first-order valence-electron chi connectivity index (χ1n) is 9.80. The Hall–Kier alpha value is -1.07. The van der Waals surface area contributed by atoms with Gasteiger partial charge in [-0.2, -0.15) is 0 Å². The maximum atomic E-state index is 12.2. The SMILES string of the molecule is CC(C)[C@@H]1CC[C@@H](C)C[C@]12OC(=O)C=C(CCCCC1COCO1)O2. The van der Waals surface area contributed by atoms with Crippen molar-refractivity contribution in [2.75, 3.05) is 13.4 Å². The number of ether oxygens (including phenoxy) is 4. The van der Waals surface area contributed by atoms with Gasteiger partial charge in [-0.15, -0.1) is 0 Å². The van der Waals surface area contributed by atoms with Gasteiger partial charge < -0.3 is 18.9 Å². The molecule has 0 aromatic carbocycles. The van der Waals surface area contributed by atoms with Gasteiger partial charge in [0, 0.05) is 18.8 Å². The zero-order valence-electron chi connectivity index (χ0n) is 15.8. The minimum absolute atomic E-state index is 0.224. The zero-order chi connectivity index (χ0) is 17.9. The van der Waals surface area contributed by atoms with Crippen LogP contribution in [0.25, 0.3) is 0 Å². The van der Waals surface area contributed by atoms with Crippen LogP contribution in [0.1, 0.15) is 65.7 Å². The molecule has 5 heteroatoms. The summed E-state index contributed by atoms with van der Waals surface area (Å²) in [6.45, 7) is 7.73. The van der Waals surface area contributed by atoms with E-state index in [-0.39, 0.29) is 18.0 Å². The van der Waals surface area contributed by atoms with Crippen LogP contribution >= 0.6 is 0 Å². The average Bonchev–Trinajstić information content (AvgIpc) is 3.03. The molecular weight excluding hydrogens is 320 g/mol. The van der Waals surface area contributed by atoms with Crippen molar-refractivity contribution >= 4 is 5.97 Å². The lowest BCUT2D eigenvalue weighted by Crippen LogP contribution is -2.52. The molecule has 2 aliphatic heterocycles. The first kappa shape index (κ1) is 18.7. The summed E-state index contributed by atoms with van der Waals surface area (Å²) in [7, 11) is 0. The van der Waals surface area contributed by atoms with E-state index in [2.05, 4.69) is 20.8 Å². The number of carbonyl (C=O) groups excluding carboxylic acids is 1. The summed E-state index contributed by atoms with van der Waals surface area (Å²) in [5.41, 5.74) is 0. The maximum Gasteiger partial charge on any atom is 0.337 e. The van der Waals surface area contributed by atoms with E-state index < -0.39 is 5.79 Å². The Morgan fingerprint density at radius 2 is 2.08 bits per heavy atom. The smallest absolute Gasteiger partial charge is 0.337 e. The van der Waals surface area contributed by atoms with Gasteiger partial charge in [-0.3, -0.25) is 0 Å². The molecule has 1 aliphatic carbocycles. The van der Waals surface area contributed by atoms with Gasteiger partial charge in [0.25, 0.3) is 5.79 Å². The van der Waals surface area contributed by atoms with Crippen LogP contribution in [0.4, 0.5) is 0 Å². The maximum absolute atomic E-state index is 12.2. The van der Waals surface area contributed by atoms with Crippen LogP contribution in [0, 0.1) is 17.8 Å². The van der Waals surface area contributed by atoms with Crippen LogP contribution in [0.3, 0.4) is 0 Å². The number of allylic oxidation sites excluding steroid dienone is 1. The molecule has 0 N–H and O–H groups in total. The minimum atomic E-state index is -0.755. The highest BCUT2D eigenvalue weighted by molar-refractivity contribution is 5.83. The third-order valence-corrected chi connectivity index (χ3v) is 5.72. The van der Waals surface area contributed by atoms with Crippen molar-refractivity contribution in [3.8, 4) is 0 Å². The van der Waals surface area contributed by atoms with E-state index in [4.69, 9.17) is 18.9 Å². The first-order valence-corrected chi connectivity index (χ1v) is 9.80. The van der Waals surface area contributed by atoms with Gasteiger partial charge in [0.1, 0.15) is 12.6 Å². The van der Waals surface area contributed by atoms with Crippen LogP contribution < -0.4 is 0 Å². The molecule has 0 amide bonds. The second-order valence-electron chi connectivity index (χ2n) is 8.21. The third-order valence-electron chi connectivity index (χ3n) is 5.72. The fourth-order valence-corrected chi connectivity index (χ4v) is 4.44. The molecule has 3 rings (SSSR count). The molecular formula is C20H32O5. The summed E-state index contributed by atoms with van der Waals surface area (Å²) in [5.74, 6) is 1.00. The van der Waals surface area contributed by atoms with E-state index in [0.717, 1.165) is 44.3 Å². The second kappa shape index (κ2) is 8.09. The Morgan fingerprint density at radius 1 is 1.24 bits per heavy atom. The van der Waals surface area contributed by atoms with E-state index in [9.17, 15) is 4.79 Å². The molecule has 2 heterocycles. The topological polar surface area (TPSA) is 54.0 Å². The van der Waals surface area contributed by atoms with Gasteiger partial charge >= 0.3 is 5.97 Å². The Morgan fingerprint density at radius 3 is 2.80 bits per heavy atom. The van der Waals surface area contributed by atoms with Crippen LogP contribution in [0.5, 0.6) is 0 Å². The summed E-state index contributed by atoms with van der Waals surface area (Å²) in [6, 6.07) is 0. The monoisotopic (exact) mass is 352 g/mol. The molecule has 3 aliphatic rings. The van der Waals surface area contributed by atoms with E-state index >= 15 is 0 Å². The minimum Gasteiger partial charge on any atom is -0.456 e. The Labute approximate surface area is 151 Å². The molecule has 1 saturated heterocycles. The summed E-state index contributed by atoms with van der Waals surface area (Å²) in [4.78, 5) is 12.2. The molecule has 1 saturated carbocycles. The van der Waals surface area contributed by atoms with E-state index in [1.165, 1.54) is 12.5 Å². The van der Waals surface area contributed by atoms with Crippen molar-refractivity contribution in [1.82, 2.24) is 0 Å². The molecule has 0 radical (unpaired) electrons. The highest BCUT2D eigenvalue weighted by Gasteiger charge is 2.51. The van der Waals surface area contributed by atoms with E-state index in [1.54, 1.807) is 0 Å². The highest BCUT2D eigenvalue weighted by Crippen LogP contribution is 2.47. The lowest BCUT2D eigenvalue weighted by Gasteiger charge is -2.48. The molecule has 0 bridgehead atoms. The van der Waals surface area contributed by atoms with Crippen molar-refractivity contribution in [3.05, 3.63) is 11.8 Å². The molecule has 0 aromatic rings. The van der Waals surface area contributed by atoms with Crippen LogP contribution in [-0.4, -0.2) is 31.3 Å². The van der Waals surface area contributed by atoms with Gasteiger partial charge in [-0.05, 0) is 37.5 Å². The molecule has 2 fully saturated rings. The highest BCUT2D eigenvalue weighted by atomic mass is 16.7. The summed E-state index contributed by atoms with van der Waals surface area (Å²) < 4.78 is 22.8. The largest absolute Gasteiger partial charge is 0.456 e. The summed E-state index contributed by atoms with van der Waals surface area (Å²) in [5, 5.41) is 0. The van der Waals surface area contributed by atoms with E-state index in [1.807, 2.05) is 0 Å². The molecule has 142 valence electrons. The number of unbranched alkanes of at least 4 members (excludes halogenated alkanes) is 1. The lowest BCUT2D eigenvalue weighted by molar-refractivity contribution is -0.269. The van der Waals surface area contributed by atoms with Gasteiger partial charge in [0.15, 0.2) is 0 Å². The Bertz CT molecular complexity index is 494. The van der Waals surface area contributed by atoms with Crippen LogP contribution in [0.15, 0.2) is 11.8 Å². The number of esters is 1. The number of rotatable bonds is 6.